The third-order valence-electron chi connectivity index (χ3n) is 5.60. The number of H-pyrrole nitrogens is 2. The number of hydrogen-bond acceptors (Lipinski definition) is 3. The molecule has 2 N–H and O–H groups in total. The van der Waals surface area contributed by atoms with Crippen molar-refractivity contribution in [3.63, 3.8) is 0 Å². The fraction of sp³-hybridized carbons (Fsp3) is 0.320. The van der Waals surface area contributed by atoms with E-state index in [9.17, 15) is 9.59 Å². The van der Waals surface area contributed by atoms with E-state index >= 15 is 0 Å². The third-order valence-corrected chi connectivity index (χ3v) is 5.60. The minimum Gasteiger partial charge on any atom is -0.349 e. The topological polar surface area (TPSA) is 83.0 Å². The van der Waals surface area contributed by atoms with Crippen LogP contribution in [0, 0.1) is 12.8 Å². The molecule has 0 fully saturated rings. The second-order valence-electron chi connectivity index (χ2n) is 9.36. The Labute approximate surface area is 180 Å². The maximum Gasteiger partial charge on any atom is 0.350 e. The van der Waals surface area contributed by atoms with Gasteiger partial charge in [0.05, 0.1) is 5.52 Å². The van der Waals surface area contributed by atoms with Crippen LogP contribution in [0.5, 0.6) is 0 Å². The number of hydrogen-bond donors (Lipinski definition) is 2. The lowest BCUT2D eigenvalue weighted by Crippen LogP contribution is -2.32. The van der Waals surface area contributed by atoms with Gasteiger partial charge in [-0.2, -0.15) is 5.10 Å². The molecule has 160 valence electrons. The third kappa shape index (κ3) is 4.10. The number of aryl methyl sites for hydroxylation is 1. The zero-order valence-corrected chi connectivity index (χ0v) is 18.6. The van der Waals surface area contributed by atoms with Crippen molar-refractivity contribution >= 4 is 28.2 Å². The summed E-state index contributed by atoms with van der Waals surface area (Å²) in [5.41, 5.74) is 4.33. The first-order valence-electron chi connectivity index (χ1n) is 10.5. The van der Waals surface area contributed by atoms with Crippen LogP contribution in [-0.4, -0.2) is 20.9 Å². The van der Waals surface area contributed by atoms with E-state index in [1.165, 1.54) is 11.1 Å². The van der Waals surface area contributed by atoms with Gasteiger partial charge in [-0.1, -0.05) is 63.6 Å². The van der Waals surface area contributed by atoms with Crippen LogP contribution in [0.3, 0.4) is 0 Å². The van der Waals surface area contributed by atoms with Crippen LogP contribution in [0.4, 0.5) is 0 Å². The predicted molar refractivity (Wildman–Crippen MR) is 127 cm³/mol. The first-order valence-corrected chi connectivity index (χ1v) is 10.5. The second-order valence-corrected chi connectivity index (χ2v) is 9.36. The molecule has 2 aromatic heterocycles. The van der Waals surface area contributed by atoms with Gasteiger partial charge in [0.25, 0.3) is 0 Å². The van der Waals surface area contributed by atoms with Crippen molar-refractivity contribution in [3.8, 4) is 0 Å². The standard InChI is InChI=1S/C25H28N4O2/c1-15-6-11-20-19(13-15)21-22(27-20)23(30)29(24(31)28-21)26-14-16(2)12-17-7-9-18(10-8-17)25(3,4)5/h6-11,13-14,16,27H,12H2,1-5H3,(H,28,31). The number of nitrogens with one attached hydrogen (secondary N) is 2. The fourth-order valence-electron chi connectivity index (χ4n) is 3.80. The first-order chi connectivity index (χ1) is 14.6. The van der Waals surface area contributed by atoms with Gasteiger partial charge >= 0.3 is 11.2 Å². The summed E-state index contributed by atoms with van der Waals surface area (Å²) in [7, 11) is 0. The number of aromatic nitrogens is 3. The van der Waals surface area contributed by atoms with E-state index in [-0.39, 0.29) is 11.3 Å². The van der Waals surface area contributed by atoms with Crippen molar-refractivity contribution < 1.29 is 0 Å². The molecule has 0 aliphatic rings. The Bertz CT molecular complexity index is 1400. The average molecular weight is 417 g/mol. The van der Waals surface area contributed by atoms with Crippen molar-refractivity contribution in [2.75, 3.05) is 0 Å². The molecule has 4 rings (SSSR count). The quantitative estimate of drug-likeness (QED) is 0.481. The van der Waals surface area contributed by atoms with Crippen molar-refractivity contribution in [2.45, 2.75) is 46.5 Å². The number of rotatable bonds is 4. The summed E-state index contributed by atoms with van der Waals surface area (Å²) < 4.78 is 0.893. The predicted octanol–water partition coefficient (Wildman–Crippen LogP) is 4.49. The highest BCUT2D eigenvalue weighted by Crippen LogP contribution is 2.23. The van der Waals surface area contributed by atoms with E-state index in [1.807, 2.05) is 32.0 Å². The van der Waals surface area contributed by atoms with Crippen molar-refractivity contribution in [1.29, 1.82) is 0 Å². The normalized spacial score (nSPS) is 13.5. The van der Waals surface area contributed by atoms with Gasteiger partial charge < -0.3 is 9.97 Å². The highest BCUT2D eigenvalue weighted by atomic mass is 16.2. The molecule has 2 heterocycles. The van der Waals surface area contributed by atoms with E-state index in [2.05, 4.69) is 60.1 Å². The highest BCUT2D eigenvalue weighted by molar-refractivity contribution is 6.04. The molecule has 1 unspecified atom stereocenters. The van der Waals surface area contributed by atoms with E-state index in [1.54, 1.807) is 6.21 Å². The van der Waals surface area contributed by atoms with Crippen LogP contribution in [0.2, 0.25) is 0 Å². The lowest BCUT2D eigenvalue weighted by molar-refractivity contribution is 0.589. The summed E-state index contributed by atoms with van der Waals surface area (Å²) in [5, 5.41) is 5.04. The molecule has 0 radical (unpaired) electrons. The van der Waals surface area contributed by atoms with Gasteiger partial charge in [-0.05, 0) is 47.9 Å². The first kappa shape index (κ1) is 20.8. The molecular weight excluding hydrogens is 388 g/mol. The van der Waals surface area contributed by atoms with Crippen molar-refractivity contribution in [2.24, 2.45) is 11.0 Å². The fourth-order valence-corrected chi connectivity index (χ4v) is 3.80. The minimum absolute atomic E-state index is 0.0628. The number of aromatic amines is 2. The van der Waals surface area contributed by atoms with Crippen LogP contribution >= 0.6 is 0 Å². The molecule has 2 aromatic carbocycles. The summed E-state index contributed by atoms with van der Waals surface area (Å²) in [6, 6.07) is 14.4. The molecule has 1 atom stereocenters. The summed E-state index contributed by atoms with van der Waals surface area (Å²) in [5.74, 6) is 0.0628. The Morgan fingerprint density at radius 3 is 2.42 bits per heavy atom. The van der Waals surface area contributed by atoms with Crippen LogP contribution in [0.1, 0.15) is 44.4 Å². The summed E-state index contributed by atoms with van der Waals surface area (Å²) in [4.78, 5) is 31.4. The Kier molecular flexibility index (Phi) is 5.17. The van der Waals surface area contributed by atoms with Gasteiger partial charge in [-0.25, -0.2) is 4.79 Å². The Balaban J connectivity index is 1.61. The summed E-state index contributed by atoms with van der Waals surface area (Å²) in [6.45, 7) is 10.6. The molecule has 0 saturated heterocycles. The van der Waals surface area contributed by atoms with E-state index in [4.69, 9.17) is 0 Å². The monoisotopic (exact) mass is 416 g/mol. The molecule has 0 spiro atoms. The Hall–Kier alpha value is -3.41. The molecule has 4 aromatic rings. The summed E-state index contributed by atoms with van der Waals surface area (Å²) >= 11 is 0. The smallest absolute Gasteiger partial charge is 0.349 e. The van der Waals surface area contributed by atoms with Gasteiger partial charge in [0.2, 0.25) is 0 Å². The van der Waals surface area contributed by atoms with Crippen LogP contribution < -0.4 is 11.2 Å². The molecular formula is C25H28N4O2. The van der Waals surface area contributed by atoms with Gasteiger partial charge in [-0.3, -0.25) is 4.79 Å². The van der Waals surface area contributed by atoms with Gasteiger partial charge in [-0.15, -0.1) is 4.68 Å². The van der Waals surface area contributed by atoms with Crippen LogP contribution in [0.15, 0.2) is 57.2 Å². The molecule has 6 heteroatoms. The number of benzene rings is 2. The minimum atomic E-state index is -0.544. The molecule has 31 heavy (non-hydrogen) atoms. The zero-order valence-electron chi connectivity index (χ0n) is 18.6. The molecule has 0 saturated carbocycles. The van der Waals surface area contributed by atoms with Gasteiger partial charge in [0.1, 0.15) is 5.52 Å². The summed E-state index contributed by atoms with van der Waals surface area (Å²) in [6.07, 6.45) is 2.43. The largest absolute Gasteiger partial charge is 0.350 e. The SMILES string of the molecule is Cc1ccc2[nH]c3c(=O)n(N=CC(C)Cc4ccc(C(C)(C)C)cc4)c(=O)[nH]c3c2c1. The van der Waals surface area contributed by atoms with Crippen LogP contribution in [0.25, 0.3) is 21.9 Å². The second kappa shape index (κ2) is 7.69. The molecule has 0 aliphatic heterocycles. The maximum atomic E-state index is 12.9. The van der Waals surface area contributed by atoms with E-state index < -0.39 is 11.2 Å². The van der Waals surface area contributed by atoms with Gasteiger partial charge in [0, 0.05) is 17.1 Å². The van der Waals surface area contributed by atoms with Gasteiger partial charge in [0.15, 0.2) is 0 Å². The lowest BCUT2D eigenvalue weighted by atomic mass is 9.86. The maximum absolute atomic E-state index is 12.9. The van der Waals surface area contributed by atoms with Crippen LogP contribution in [-0.2, 0) is 11.8 Å². The molecule has 0 bridgehead atoms. The molecule has 0 amide bonds. The Morgan fingerprint density at radius 2 is 1.74 bits per heavy atom. The average Bonchev–Trinajstić information content (AvgIpc) is 3.05. The number of fused-ring (bicyclic) bond motifs is 3. The Morgan fingerprint density at radius 1 is 1.03 bits per heavy atom. The molecule has 6 nitrogen and oxygen atoms in total. The van der Waals surface area contributed by atoms with Crippen molar-refractivity contribution in [1.82, 2.24) is 14.6 Å². The lowest BCUT2D eigenvalue weighted by Gasteiger charge is -2.19. The van der Waals surface area contributed by atoms with E-state index in [0.717, 1.165) is 27.6 Å². The van der Waals surface area contributed by atoms with Crippen molar-refractivity contribution in [3.05, 3.63) is 80.0 Å². The molecule has 0 aliphatic carbocycles. The highest BCUT2D eigenvalue weighted by Gasteiger charge is 2.14. The number of nitrogens with zero attached hydrogens (tertiary/aromatic N) is 2. The zero-order chi connectivity index (χ0) is 22.3. The van der Waals surface area contributed by atoms with E-state index in [0.29, 0.717) is 11.0 Å².